The molecule has 0 saturated carbocycles. The van der Waals surface area contributed by atoms with Crippen LogP contribution in [-0.4, -0.2) is 19.8 Å². The fourth-order valence-corrected chi connectivity index (χ4v) is 1.99. The Morgan fingerprint density at radius 3 is 2.68 bits per heavy atom. The predicted molar refractivity (Wildman–Crippen MR) is 80.0 cm³/mol. The van der Waals surface area contributed by atoms with Crippen LogP contribution in [0.5, 0.6) is 0 Å². The summed E-state index contributed by atoms with van der Waals surface area (Å²) in [6.45, 7) is 3.72. The Balaban J connectivity index is 2.13. The summed E-state index contributed by atoms with van der Waals surface area (Å²) in [5.74, 6) is 0.132. The van der Waals surface area contributed by atoms with E-state index in [-0.39, 0.29) is 11.5 Å². The molecule has 2 N–H and O–H groups in total. The van der Waals surface area contributed by atoms with E-state index in [0.29, 0.717) is 17.0 Å². The zero-order valence-corrected chi connectivity index (χ0v) is 12.0. The maximum Gasteiger partial charge on any atom is 0.207 e. The van der Waals surface area contributed by atoms with Gasteiger partial charge in [0.25, 0.3) is 0 Å². The molecule has 0 unspecified atom stereocenters. The average Bonchev–Trinajstić information content (AvgIpc) is 2.84. The first kappa shape index (κ1) is 13.6. The lowest BCUT2D eigenvalue weighted by atomic mass is 10.2. The molecule has 0 fully saturated rings. The molecule has 0 atom stereocenters. The number of fused-ring (bicyclic) bond motifs is 1. The van der Waals surface area contributed by atoms with E-state index >= 15 is 0 Å². The van der Waals surface area contributed by atoms with Crippen molar-refractivity contribution in [3.8, 4) is 6.07 Å². The molecule has 8 nitrogen and oxygen atoms in total. The summed E-state index contributed by atoms with van der Waals surface area (Å²) in [4.78, 5) is 0. The molecule has 2 aromatic heterocycles. The van der Waals surface area contributed by atoms with Crippen LogP contribution < -0.4 is 5.73 Å². The predicted octanol–water partition coefficient (Wildman–Crippen LogP) is 2.61. The summed E-state index contributed by atoms with van der Waals surface area (Å²) >= 11 is 0. The molecule has 8 heteroatoms. The number of rotatable bonds is 2. The quantitative estimate of drug-likeness (QED) is 0.728. The summed E-state index contributed by atoms with van der Waals surface area (Å²) < 4.78 is 1.35. The van der Waals surface area contributed by atoms with Crippen molar-refractivity contribution in [3.63, 3.8) is 0 Å². The highest BCUT2D eigenvalue weighted by Gasteiger charge is 2.15. The van der Waals surface area contributed by atoms with Gasteiger partial charge in [0.1, 0.15) is 6.07 Å². The summed E-state index contributed by atoms with van der Waals surface area (Å²) in [5, 5.41) is 29.3. The zero-order valence-electron chi connectivity index (χ0n) is 12.0. The Morgan fingerprint density at radius 1 is 1.18 bits per heavy atom. The molecule has 0 saturated heterocycles. The standard InChI is InChI=1S/C14H12N8/c1-8-5-3-4-6-10(8)17-19-12-9(2)21-22-13(16)11(7-15)18-20-14(12)22/h3-6H,16H2,1-2H3. The first-order chi connectivity index (χ1) is 10.6. The van der Waals surface area contributed by atoms with Crippen LogP contribution in [0.4, 0.5) is 17.2 Å². The van der Waals surface area contributed by atoms with E-state index in [2.05, 4.69) is 25.5 Å². The molecule has 0 aliphatic carbocycles. The van der Waals surface area contributed by atoms with Crippen molar-refractivity contribution in [1.82, 2.24) is 19.8 Å². The van der Waals surface area contributed by atoms with Crippen molar-refractivity contribution < 1.29 is 0 Å². The summed E-state index contributed by atoms with van der Waals surface area (Å²) in [6.07, 6.45) is 0. The second-order valence-corrected chi connectivity index (χ2v) is 4.70. The summed E-state index contributed by atoms with van der Waals surface area (Å²) in [6, 6.07) is 9.51. The molecule has 0 aliphatic heterocycles. The fraction of sp³-hybridized carbons (Fsp3) is 0.143. The average molecular weight is 292 g/mol. The minimum Gasteiger partial charge on any atom is -0.381 e. The largest absolute Gasteiger partial charge is 0.381 e. The molecule has 3 aromatic rings. The number of hydrogen-bond donors (Lipinski definition) is 1. The Morgan fingerprint density at radius 2 is 1.95 bits per heavy atom. The number of nitrogens with zero attached hydrogens (tertiary/aromatic N) is 7. The number of aromatic nitrogens is 4. The van der Waals surface area contributed by atoms with E-state index in [1.807, 2.05) is 37.3 Å². The van der Waals surface area contributed by atoms with Gasteiger partial charge in [0.2, 0.25) is 11.3 Å². The lowest BCUT2D eigenvalue weighted by Gasteiger charge is -1.98. The van der Waals surface area contributed by atoms with Gasteiger partial charge in [-0.05, 0) is 25.5 Å². The Kier molecular flexibility index (Phi) is 3.23. The van der Waals surface area contributed by atoms with E-state index < -0.39 is 0 Å². The Bertz CT molecular complexity index is 932. The number of azo groups is 1. The molecule has 3 rings (SSSR count). The number of hydrogen-bond acceptors (Lipinski definition) is 7. The van der Waals surface area contributed by atoms with E-state index in [1.54, 1.807) is 6.92 Å². The van der Waals surface area contributed by atoms with Crippen molar-refractivity contribution in [1.29, 1.82) is 5.26 Å². The van der Waals surface area contributed by atoms with Crippen LogP contribution in [0.2, 0.25) is 0 Å². The zero-order chi connectivity index (χ0) is 15.7. The van der Waals surface area contributed by atoms with Crippen LogP contribution in [0.3, 0.4) is 0 Å². The van der Waals surface area contributed by atoms with Crippen LogP contribution in [0.25, 0.3) is 5.65 Å². The molecule has 22 heavy (non-hydrogen) atoms. The molecule has 0 aliphatic rings. The number of nitrogens with two attached hydrogens (primary N) is 1. The Labute approximate surface area is 125 Å². The topological polar surface area (TPSA) is 118 Å². The third-order valence-electron chi connectivity index (χ3n) is 3.20. The number of anilines is 1. The van der Waals surface area contributed by atoms with Crippen molar-refractivity contribution in [3.05, 3.63) is 41.2 Å². The molecular weight excluding hydrogens is 280 g/mol. The van der Waals surface area contributed by atoms with Gasteiger partial charge in [-0.15, -0.1) is 15.3 Å². The number of nitrogen functional groups attached to an aromatic ring is 1. The highest BCUT2D eigenvalue weighted by Crippen LogP contribution is 2.28. The van der Waals surface area contributed by atoms with E-state index in [9.17, 15) is 0 Å². The maximum absolute atomic E-state index is 8.92. The second kappa shape index (κ2) is 5.21. The van der Waals surface area contributed by atoms with Gasteiger partial charge in [-0.1, -0.05) is 18.2 Å². The summed E-state index contributed by atoms with van der Waals surface area (Å²) in [7, 11) is 0. The molecule has 108 valence electrons. The third-order valence-corrected chi connectivity index (χ3v) is 3.20. The van der Waals surface area contributed by atoms with Gasteiger partial charge in [0.15, 0.2) is 11.5 Å². The fourth-order valence-electron chi connectivity index (χ4n) is 1.99. The number of aryl methyl sites for hydroxylation is 2. The second-order valence-electron chi connectivity index (χ2n) is 4.70. The SMILES string of the molecule is Cc1ccccc1N=Nc1c(C)nn2c(N)c(C#N)nnc12. The van der Waals surface area contributed by atoms with Gasteiger partial charge in [0.05, 0.1) is 11.4 Å². The van der Waals surface area contributed by atoms with Gasteiger partial charge < -0.3 is 5.73 Å². The van der Waals surface area contributed by atoms with Gasteiger partial charge >= 0.3 is 0 Å². The van der Waals surface area contributed by atoms with Gasteiger partial charge in [-0.25, -0.2) is 0 Å². The lowest BCUT2D eigenvalue weighted by Crippen LogP contribution is -2.05. The van der Waals surface area contributed by atoms with Crippen LogP contribution in [0.15, 0.2) is 34.5 Å². The van der Waals surface area contributed by atoms with E-state index in [1.165, 1.54) is 4.52 Å². The first-order valence-corrected chi connectivity index (χ1v) is 6.50. The van der Waals surface area contributed by atoms with E-state index in [0.717, 1.165) is 11.3 Å². The van der Waals surface area contributed by atoms with Crippen LogP contribution >= 0.6 is 0 Å². The third kappa shape index (κ3) is 2.14. The Hall–Kier alpha value is -3.34. The van der Waals surface area contributed by atoms with Gasteiger partial charge in [-0.2, -0.15) is 20.0 Å². The first-order valence-electron chi connectivity index (χ1n) is 6.50. The van der Waals surface area contributed by atoms with Crippen LogP contribution in [0.1, 0.15) is 17.0 Å². The van der Waals surface area contributed by atoms with Crippen molar-refractivity contribution >= 4 is 22.8 Å². The smallest absolute Gasteiger partial charge is 0.207 e. The number of benzene rings is 1. The molecule has 0 amide bonds. The minimum absolute atomic E-state index is 0.0254. The molecule has 0 radical (unpaired) electrons. The maximum atomic E-state index is 8.92. The minimum atomic E-state index is 0.0254. The molecule has 0 spiro atoms. The van der Waals surface area contributed by atoms with Gasteiger partial charge in [0, 0.05) is 0 Å². The summed E-state index contributed by atoms with van der Waals surface area (Å²) in [5.41, 5.74) is 9.09. The number of nitriles is 1. The van der Waals surface area contributed by atoms with Crippen LogP contribution in [-0.2, 0) is 0 Å². The highest BCUT2D eigenvalue weighted by atomic mass is 15.4. The molecule has 2 heterocycles. The van der Waals surface area contributed by atoms with Gasteiger partial charge in [-0.3, -0.25) is 0 Å². The molecule has 1 aromatic carbocycles. The molecular formula is C14H12N8. The van der Waals surface area contributed by atoms with Crippen molar-refractivity contribution in [2.45, 2.75) is 13.8 Å². The van der Waals surface area contributed by atoms with Crippen LogP contribution in [0, 0.1) is 25.2 Å². The lowest BCUT2D eigenvalue weighted by molar-refractivity contribution is 0.879. The molecule has 0 bridgehead atoms. The van der Waals surface area contributed by atoms with E-state index in [4.69, 9.17) is 11.0 Å². The van der Waals surface area contributed by atoms with Crippen molar-refractivity contribution in [2.24, 2.45) is 10.2 Å². The van der Waals surface area contributed by atoms with Crippen molar-refractivity contribution in [2.75, 3.05) is 5.73 Å². The normalized spacial score (nSPS) is 11.1. The monoisotopic (exact) mass is 292 g/mol. The highest BCUT2D eigenvalue weighted by molar-refractivity contribution is 5.68.